The zero-order chi connectivity index (χ0) is 16.1. The van der Waals surface area contributed by atoms with Crippen molar-refractivity contribution in [3.63, 3.8) is 0 Å². The number of anilines is 1. The topological polar surface area (TPSA) is 38.3 Å². The van der Waals surface area contributed by atoms with Crippen LogP contribution in [0.4, 0.5) is 5.69 Å². The highest BCUT2D eigenvalue weighted by atomic mass is 35.5. The van der Waals surface area contributed by atoms with E-state index in [4.69, 9.17) is 16.3 Å². The summed E-state index contributed by atoms with van der Waals surface area (Å²) in [5, 5.41) is 3.53. The Balaban J connectivity index is 1.87. The van der Waals surface area contributed by atoms with Gasteiger partial charge in [0.1, 0.15) is 5.75 Å². The summed E-state index contributed by atoms with van der Waals surface area (Å²) < 4.78 is 5.69. The quantitative estimate of drug-likeness (QED) is 0.870. The Labute approximate surface area is 136 Å². The average molecular weight is 318 g/mol. The van der Waals surface area contributed by atoms with E-state index in [0.717, 1.165) is 22.6 Å². The molecule has 0 aliphatic rings. The zero-order valence-corrected chi connectivity index (χ0v) is 13.8. The lowest BCUT2D eigenvalue weighted by Gasteiger charge is -2.12. The summed E-state index contributed by atoms with van der Waals surface area (Å²) in [7, 11) is 0. The molecule has 0 radical (unpaired) electrons. The maximum Gasteiger partial charge on any atom is 0.227 e. The molecule has 4 heteroatoms. The van der Waals surface area contributed by atoms with Gasteiger partial charge in [-0.25, -0.2) is 0 Å². The summed E-state index contributed by atoms with van der Waals surface area (Å²) in [5.74, 6) is 0.756. The van der Waals surface area contributed by atoms with Crippen molar-refractivity contribution in [1.29, 1.82) is 0 Å². The number of hydrogen-bond acceptors (Lipinski definition) is 2. The zero-order valence-electron chi connectivity index (χ0n) is 13.1. The predicted octanol–water partition coefficient (Wildman–Crippen LogP) is 4.67. The maximum atomic E-state index is 12.0. The lowest BCUT2D eigenvalue weighted by molar-refractivity contribution is -0.116. The number of hydrogen-bond donors (Lipinski definition) is 1. The molecular formula is C18H20ClNO2. The molecule has 3 nitrogen and oxygen atoms in total. The molecule has 22 heavy (non-hydrogen) atoms. The molecule has 116 valence electrons. The molecule has 0 heterocycles. The van der Waals surface area contributed by atoms with Crippen molar-refractivity contribution in [2.24, 2.45) is 0 Å². The van der Waals surface area contributed by atoms with Crippen molar-refractivity contribution < 1.29 is 9.53 Å². The SMILES string of the molecule is Cc1cc(Cl)ccc1NC(=O)CCOc1cccc(C)c1C. The van der Waals surface area contributed by atoms with Gasteiger partial charge in [-0.15, -0.1) is 0 Å². The van der Waals surface area contributed by atoms with Gasteiger partial charge in [-0.1, -0.05) is 23.7 Å². The fraction of sp³-hybridized carbons (Fsp3) is 0.278. The first kappa shape index (κ1) is 16.4. The van der Waals surface area contributed by atoms with Gasteiger partial charge < -0.3 is 10.1 Å². The Morgan fingerprint density at radius 2 is 1.91 bits per heavy atom. The first-order chi connectivity index (χ1) is 10.5. The third-order valence-corrected chi connectivity index (χ3v) is 3.84. The molecule has 0 saturated carbocycles. The molecule has 0 aromatic heterocycles. The Bertz CT molecular complexity index is 683. The molecule has 0 atom stereocenters. The van der Waals surface area contributed by atoms with Gasteiger partial charge in [-0.3, -0.25) is 4.79 Å². The van der Waals surface area contributed by atoms with Crippen LogP contribution in [0.15, 0.2) is 36.4 Å². The molecule has 0 bridgehead atoms. The molecule has 1 amide bonds. The lowest BCUT2D eigenvalue weighted by Crippen LogP contribution is -2.16. The van der Waals surface area contributed by atoms with E-state index >= 15 is 0 Å². The van der Waals surface area contributed by atoms with Gasteiger partial charge in [0, 0.05) is 10.7 Å². The summed E-state index contributed by atoms with van der Waals surface area (Å²) in [6.07, 6.45) is 0.301. The molecule has 0 saturated heterocycles. The van der Waals surface area contributed by atoms with Crippen molar-refractivity contribution in [2.45, 2.75) is 27.2 Å². The van der Waals surface area contributed by atoms with Crippen LogP contribution in [0.5, 0.6) is 5.75 Å². The molecule has 2 rings (SSSR count). The predicted molar refractivity (Wildman–Crippen MR) is 90.8 cm³/mol. The largest absolute Gasteiger partial charge is 0.493 e. The van der Waals surface area contributed by atoms with Crippen LogP contribution in [-0.2, 0) is 4.79 Å². The van der Waals surface area contributed by atoms with E-state index in [-0.39, 0.29) is 5.91 Å². The van der Waals surface area contributed by atoms with Crippen LogP contribution in [-0.4, -0.2) is 12.5 Å². The molecule has 0 unspecified atom stereocenters. The van der Waals surface area contributed by atoms with E-state index < -0.39 is 0 Å². The number of amides is 1. The van der Waals surface area contributed by atoms with E-state index in [0.29, 0.717) is 18.1 Å². The van der Waals surface area contributed by atoms with E-state index in [1.165, 1.54) is 5.56 Å². The third kappa shape index (κ3) is 4.25. The number of benzene rings is 2. The summed E-state index contributed by atoms with van der Waals surface area (Å²) in [6.45, 7) is 6.32. The standard InChI is InChI=1S/C18H20ClNO2/c1-12-5-4-6-17(14(12)3)22-10-9-18(21)20-16-8-7-15(19)11-13(16)2/h4-8,11H,9-10H2,1-3H3,(H,20,21). The van der Waals surface area contributed by atoms with Crippen LogP contribution in [0, 0.1) is 20.8 Å². The fourth-order valence-electron chi connectivity index (χ4n) is 2.11. The van der Waals surface area contributed by atoms with Crippen LogP contribution >= 0.6 is 11.6 Å². The molecule has 2 aromatic rings. The Hall–Kier alpha value is -2.00. The number of halogens is 1. The molecule has 0 spiro atoms. The maximum absolute atomic E-state index is 12.0. The highest BCUT2D eigenvalue weighted by molar-refractivity contribution is 6.30. The minimum absolute atomic E-state index is 0.0734. The van der Waals surface area contributed by atoms with E-state index in [2.05, 4.69) is 5.32 Å². The number of carbonyl (C=O) groups is 1. The van der Waals surface area contributed by atoms with Gasteiger partial charge >= 0.3 is 0 Å². The second-order valence-electron chi connectivity index (χ2n) is 5.30. The van der Waals surface area contributed by atoms with Crippen LogP contribution in [0.1, 0.15) is 23.1 Å². The molecule has 0 aliphatic heterocycles. The Morgan fingerprint density at radius 3 is 2.64 bits per heavy atom. The molecule has 1 N–H and O–H groups in total. The van der Waals surface area contributed by atoms with Crippen molar-refractivity contribution in [3.05, 3.63) is 58.1 Å². The van der Waals surface area contributed by atoms with Crippen molar-refractivity contribution in [1.82, 2.24) is 0 Å². The van der Waals surface area contributed by atoms with Gasteiger partial charge in [-0.05, 0) is 61.7 Å². The van der Waals surface area contributed by atoms with Gasteiger partial charge in [0.05, 0.1) is 13.0 Å². The second-order valence-corrected chi connectivity index (χ2v) is 5.74. The average Bonchev–Trinajstić information content (AvgIpc) is 2.46. The van der Waals surface area contributed by atoms with Crippen molar-refractivity contribution >= 4 is 23.2 Å². The number of carbonyl (C=O) groups excluding carboxylic acids is 1. The van der Waals surface area contributed by atoms with Crippen LogP contribution < -0.4 is 10.1 Å². The first-order valence-corrected chi connectivity index (χ1v) is 7.60. The highest BCUT2D eigenvalue weighted by Crippen LogP contribution is 2.21. The normalized spacial score (nSPS) is 10.4. The summed E-state index contributed by atoms with van der Waals surface area (Å²) in [4.78, 5) is 12.0. The van der Waals surface area contributed by atoms with Crippen molar-refractivity contribution in [3.8, 4) is 5.75 Å². The number of aryl methyl sites for hydroxylation is 2. The summed E-state index contributed by atoms with van der Waals surface area (Å²) in [6, 6.07) is 11.3. The van der Waals surface area contributed by atoms with Gasteiger partial charge in [0.2, 0.25) is 5.91 Å². The van der Waals surface area contributed by atoms with E-state index in [9.17, 15) is 4.79 Å². The van der Waals surface area contributed by atoms with E-state index in [1.807, 2.05) is 45.0 Å². The second kappa shape index (κ2) is 7.32. The number of ether oxygens (including phenoxy) is 1. The first-order valence-electron chi connectivity index (χ1n) is 7.22. The minimum atomic E-state index is -0.0734. The van der Waals surface area contributed by atoms with E-state index in [1.54, 1.807) is 12.1 Å². The monoisotopic (exact) mass is 317 g/mol. The molecule has 0 fully saturated rings. The Morgan fingerprint density at radius 1 is 1.14 bits per heavy atom. The molecule has 0 aliphatic carbocycles. The molecular weight excluding hydrogens is 298 g/mol. The van der Waals surface area contributed by atoms with Gasteiger partial charge in [0.15, 0.2) is 0 Å². The van der Waals surface area contributed by atoms with Crippen molar-refractivity contribution in [2.75, 3.05) is 11.9 Å². The minimum Gasteiger partial charge on any atom is -0.493 e. The third-order valence-electron chi connectivity index (χ3n) is 3.60. The van der Waals surface area contributed by atoms with Gasteiger partial charge in [-0.2, -0.15) is 0 Å². The molecule has 2 aromatic carbocycles. The van der Waals surface area contributed by atoms with Crippen LogP contribution in [0.3, 0.4) is 0 Å². The summed E-state index contributed by atoms with van der Waals surface area (Å²) >= 11 is 5.90. The lowest BCUT2D eigenvalue weighted by atomic mass is 10.1. The highest BCUT2D eigenvalue weighted by Gasteiger charge is 2.07. The number of nitrogens with one attached hydrogen (secondary N) is 1. The summed E-state index contributed by atoms with van der Waals surface area (Å²) in [5.41, 5.74) is 4.01. The van der Waals surface area contributed by atoms with Crippen LogP contribution in [0.2, 0.25) is 5.02 Å². The Kier molecular flexibility index (Phi) is 5.45. The van der Waals surface area contributed by atoms with Crippen LogP contribution in [0.25, 0.3) is 0 Å². The fourth-order valence-corrected chi connectivity index (χ4v) is 2.34. The smallest absolute Gasteiger partial charge is 0.227 e. The van der Waals surface area contributed by atoms with Gasteiger partial charge in [0.25, 0.3) is 0 Å². The number of rotatable bonds is 5.